The molecule has 10 aromatic rings. The van der Waals surface area contributed by atoms with Gasteiger partial charge in [0.1, 0.15) is 11.2 Å². The monoisotopic (exact) mass is 670 g/mol. The maximum absolute atomic E-state index is 6.88. The van der Waals surface area contributed by atoms with Crippen LogP contribution in [0.25, 0.3) is 54.6 Å². The number of furan rings is 2. The van der Waals surface area contributed by atoms with E-state index in [-0.39, 0.29) is 0 Å². The third kappa shape index (κ3) is 4.84. The Labute approximate surface area is 301 Å². The van der Waals surface area contributed by atoms with Crippen molar-refractivity contribution in [3.05, 3.63) is 181 Å². The Balaban J connectivity index is 1.19. The molecule has 0 unspecified atom stereocenters. The van der Waals surface area contributed by atoms with Crippen LogP contribution >= 0.6 is 0 Å². The van der Waals surface area contributed by atoms with Crippen molar-refractivity contribution in [3.63, 3.8) is 0 Å². The Morgan fingerprint density at radius 3 is 1.08 bits per heavy atom. The molecule has 2 aromatic heterocycles. The zero-order chi connectivity index (χ0) is 34.8. The average molecular weight is 671 g/mol. The Morgan fingerprint density at radius 2 is 0.673 bits per heavy atom. The van der Waals surface area contributed by atoms with Crippen molar-refractivity contribution in [3.8, 4) is 0 Å². The number of aryl methyl sites for hydroxylation is 2. The Hall–Kier alpha value is -6.78. The highest BCUT2D eigenvalue weighted by Gasteiger charge is 2.23. The molecular formula is C48H34N2O2. The molecule has 0 aliphatic heterocycles. The standard InChI is InChI=1S/C48H34N2O2/c1-31-17-21-35(22-18-31)49(33-11-5-3-6-12-33)37-25-27-41-43(29-37)51-47-45(41)39-15-9-10-16-40(39)46-42-28-26-38(30-44(42)52-48(46)47)50(34-13-7-4-8-14-34)36-23-19-32(2)20-24-36/h3-30H,1-2H3. The van der Waals surface area contributed by atoms with Gasteiger partial charge in [0.2, 0.25) is 0 Å². The number of hydrogen-bond donors (Lipinski definition) is 0. The summed E-state index contributed by atoms with van der Waals surface area (Å²) in [6, 6.07) is 59.9. The fourth-order valence-electron chi connectivity index (χ4n) is 7.66. The lowest BCUT2D eigenvalue weighted by Crippen LogP contribution is -2.09. The Morgan fingerprint density at radius 1 is 0.327 bits per heavy atom. The SMILES string of the molecule is Cc1ccc(N(c2ccccc2)c2ccc3c(c2)oc2c4oc5cc(N(c6ccccc6)c6ccc(C)cc6)ccc5c4c4ccccc4c32)cc1. The number of para-hydroxylation sites is 2. The van der Waals surface area contributed by atoms with Gasteiger partial charge in [-0.3, -0.25) is 0 Å². The van der Waals surface area contributed by atoms with Crippen molar-refractivity contribution >= 4 is 88.8 Å². The number of hydrogen-bond acceptors (Lipinski definition) is 4. The van der Waals surface area contributed by atoms with E-state index in [2.05, 4.69) is 181 Å². The summed E-state index contributed by atoms with van der Waals surface area (Å²) in [5.41, 5.74) is 12.0. The number of fused-ring (bicyclic) bond motifs is 10. The topological polar surface area (TPSA) is 32.8 Å². The second-order valence-electron chi connectivity index (χ2n) is 13.5. The lowest BCUT2D eigenvalue weighted by atomic mass is 9.98. The van der Waals surface area contributed by atoms with E-state index in [0.717, 1.165) is 88.8 Å². The zero-order valence-electron chi connectivity index (χ0n) is 28.9. The molecule has 0 aliphatic carbocycles. The first-order chi connectivity index (χ1) is 25.6. The molecule has 0 radical (unpaired) electrons. The van der Waals surface area contributed by atoms with Crippen molar-refractivity contribution < 1.29 is 8.83 Å². The lowest BCUT2D eigenvalue weighted by molar-refractivity contribution is 0.633. The van der Waals surface area contributed by atoms with Crippen LogP contribution in [0.4, 0.5) is 34.1 Å². The van der Waals surface area contributed by atoms with Crippen LogP contribution < -0.4 is 9.80 Å². The highest BCUT2D eigenvalue weighted by atomic mass is 16.4. The number of nitrogens with zero attached hydrogens (tertiary/aromatic N) is 2. The van der Waals surface area contributed by atoms with Gasteiger partial charge in [0.05, 0.1) is 0 Å². The van der Waals surface area contributed by atoms with E-state index in [1.54, 1.807) is 0 Å². The molecule has 248 valence electrons. The van der Waals surface area contributed by atoms with Crippen LogP contribution in [0.2, 0.25) is 0 Å². The Kier molecular flexibility index (Phi) is 6.90. The van der Waals surface area contributed by atoms with E-state index in [9.17, 15) is 0 Å². The smallest absolute Gasteiger partial charge is 0.179 e. The highest BCUT2D eigenvalue weighted by molar-refractivity contribution is 6.33. The summed E-state index contributed by atoms with van der Waals surface area (Å²) in [6.07, 6.45) is 0. The van der Waals surface area contributed by atoms with Crippen LogP contribution in [0.1, 0.15) is 11.1 Å². The van der Waals surface area contributed by atoms with Crippen LogP contribution in [0.15, 0.2) is 179 Å². The molecule has 4 heteroatoms. The minimum atomic E-state index is 0.763. The van der Waals surface area contributed by atoms with Crippen LogP contribution in [0, 0.1) is 13.8 Å². The molecule has 2 heterocycles. The van der Waals surface area contributed by atoms with E-state index >= 15 is 0 Å². The number of benzene rings is 8. The fraction of sp³-hybridized carbons (Fsp3) is 0.0417. The van der Waals surface area contributed by atoms with Crippen LogP contribution in [-0.4, -0.2) is 0 Å². The van der Waals surface area contributed by atoms with Crippen LogP contribution in [-0.2, 0) is 0 Å². The van der Waals surface area contributed by atoms with Crippen molar-refractivity contribution in [2.24, 2.45) is 0 Å². The summed E-state index contributed by atoms with van der Waals surface area (Å²) in [5, 5.41) is 6.54. The summed E-state index contributed by atoms with van der Waals surface area (Å²) < 4.78 is 13.8. The van der Waals surface area contributed by atoms with Gasteiger partial charge < -0.3 is 18.6 Å². The van der Waals surface area contributed by atoms with Gasteiger partial charge in [-0.1, -0.05) is 96.1 Å². The van der Waals surface area contributed by atoms with Gasteiger partial charge in [0.15, 0.2) is 11.2 Å². The summed E-state index contributed by atoms with van der Waals surface area (Å²) in [7, 11) is 0. The molecule has 0 atom stereocenters. The maximum atomic E-state index is 6.88. The first-order valence-corrected chi connectivity index (χ1v) is 17.7. The molecule has 0 aliphatic rings. The fourth-order valence-corrected chi connectivity index (χ4v) is 7.66. The van der Waals surface area contributed by atoms with Gasteiger partial charge in [-0.2, -0.15) is 0 Å². The second kappa shape index (κ2) is 11.9. The van der Waals surface area contributed by atoms with E-state index in [1.165, 1.54) is 11.1 Å². The van der Waals surface area contributed by atoms with E-state index < -0.39 is 0 Å². The van der Waals surface area contributed by atoms with Gasteiger partial charge >= 0.3 is 0 Å². The molecule has 0 N–H and O–H groups in total. The predicted molar refractivity (Wildman–Crippen MR) is 217 cm³/mol. The molecule has 10 rings (SSSR count). The highest BCUT2D eigenvalue weighted by Crippen LogP contribution is 2.47. The minimum Gasteiger partial charge on any atom is -0.452 e. The molecule has 0 amide bonds. The summed E-state index contributed by atoms with van der Waals surface area (Å²) >= 11 is 0. The van der Waals surface area contributed by atoms with Crippen molar-refractivity contribution in [2.75, 3.05) is 9.80 Å². The second-order valence-corrected chi connectivity index (χ2v) is 13.5. The average Bonchev–Trinajstić information content (AvgIpc) is 3.77. The van der Waals surface area contributed by atoms with Gasteiger partial charge in [-0.05, 0) is 97.4 Å². The third-order valence-electron chi connectivity index (χ3n) is 10.1. The molecule has 0 saturated carbocycles. The van der Waals surface area contributed by atoms with E-state index in [4.69, 9.17) is 8.83 Å². The van der Waals surface area contributed by atoms with Gasteiger partial charge in [-0.25, -0.2) is 0 Å². The minimum absolute atomic E-state index is 0.763. The molecule has 0 spiro atoms. The summed E-state index contributed by atoms with van der Waals surface area (Å²) in [6.45, 7) is 4.23. The third-order valence-corrected chi connectivity index (χ3v) is 10.1. The van der Waals surface area contributed by atoms with Gasteiger partial charge in [0, 0.05) is 67.8 Å². The lowest BCUT2D eigenvalue weighted by Gasteiger charge is -2.25. The van der Waals surface area contributed by atoms with Crippen molar-refractivity contribution in [2.45, 2.75) is 13.8 Å². The molecule has 0 saturated heterocycles. The first-order valence-electron chi connectivity index (χ1n) is 17.7. The molecule has 0 bridgehead atoms. The largest absolute Gasteiger partial charge is 0.452 e. The van der Waals surface area contributed by atoms with E-state index in [1.807, 2.05) is 12.1 Å². The normalized spacial score (nSPS) is 11.7. The molecule has 4 nitrogen and oxygen atoms in total. The van der Waals surface area contributed by atoms with Crippen LogP contribution in [0.3, 0.4) is 0 Å². The van der Waals surface area contributed by atoms with E-state index in [0.29, 0.717) is 0 Å². The zero-order valence-corrected chi connectivity index (χ0v) is 28.9. The number of rotatable bonds is 6. The van der Waals surface area contributed by atoms with Crippen molar-refractivity contribution in [1.29, 1.82) is 0 Å². The molecular weight excluding hydrogens is 637 g/mol. The van der Waals surface area contributed by atoms with Gasteiger partial charge in [0.25, 0.3) is 0 Å². The molecule has 8 aromatic carbocycles. The van der Waals surface area contributed by atoms with Gasteiger partial charge in [-0.15, -0.1) is 0 Å². The molecule has 0 fully saturated rings. The predicted octanol–water partition coefficient (Wildman–Crippen LogP) is 14.2. The first kappa shape index (κ1) is 30.1. The Bertz CT molecular complexity index is 2700. The summed E-state index contributed by atoms with van der Waals surface area (Å²) in [4.78, 5) is 4.55. The summed E-state index contributed by atoms with van der Waals surface area (Å²) in [5.74, 6) is 0. The quantitative estimate of drug-likeness (QED) is 0.176. The number of anilines is 6. The van der Waals surface area contributed by atoms with Crippen molar-refractivity contribution in [1.82, 2.24) is 0 Å². The molecule has 52 heavy (non-hydrogen) atoms. The van der Waals surface area contributed by atoms with Crippen LogP contribution in [0.5, 0.6) is 0 Å². The maximum Gasteiger partial charge on any atom is 0.179 e.